The third-order valence-electron chi connectivity index (χ3n) is 10.3. The van der Waals surface area contributed by atoms with Gasteiger partial charge in [0.25, 0.3) is 0 Å². The molecule has 2 bridgehead atoms. The Morgan fingerprint density at radius 3 is 2.60 bits per heavy atom. The van der Waals surface area contributed by atoms with E-state index in [1.807, 2.05) is 18.0 Å². The monoisotopic (exact) mass is 680 g/mol. The van der Waals surface area contributed by atoms with E-state index in [1.54, 1.807) is 6.92 Å². The maximum atomic E-state index is 17.3. The summed E-state index contributed by atoms with van der Waals surface area (Å²) in [4.78, 5) is 20.2. The van der Waals surface area contributed by atoms with Gasteiger partial charge in [-0.2, -0.15) is 15.2 Å². The van der Waals surface area contributed by atoms with Crippen LogP contribution in [0.4, 0.5) is 24.0 Å². The number of aliphatic hydroxyl groups excluding tert-OH is 1. The van der Waals surface area contributed by atoms with Crippen molar-refractivity contribution in [1.82, 2.24) is 24.8 Å². The second-order valence-corrected chi connectivity index (χ2v) is 14.4. The van der Waals surface area contributed by atoms with Gasteiger partial charge in [-0.25, -0.2) is 13.2 Å². The molecule has 0 aliphatic carbocycles. The number of nitrogens with two attached hydrogens (primary N) is 1. The predicted octanol–water partition coefficient (Wildman–Crippen LogP) is 4.12. The number of nitrogen functional groups attached to an aromatic ring is 1. The first-order chi connectivity index (χ1) is 23.1. The largest absolute Gasteiger partial charge is 0.462 e. The highest BCUT2D eigenvalue weighted by molar-refractivity contribution is 7.23. The molecule has 0 amide bonds. The Bertz CT molecular complexity index is 1960. The zero-order chi connectivity index (χ0) is 33.4. The van der Waals surface area contributed by atoms with Crippen LogP contribution in [0.3, 0.4) is 0 Å². The number of hydrogen-bond acceptors (Lipinski definition) is 12. The molecule has 0 spiro atoms. The molecule has 0 radical (unpaired) electrons. The zero-order valence-electron chi connectivity index (χ0n) is 26.5. The van der Waals surface area contributed by atoms with Crippen molar-refractivity contribution in [2.75, 3.05) is 50.5 Å². The van der Waals surface area contributed by atoms with E-state index in [-0.39, 0.29) is 75.3 Å². The third-order valence-corrected chi connectivity index (χ3v) is 11.3. The number of fused-ring (bicyclic) bond motifs is 6. The van der Waals surface area contributed by atoms with E-state index in [0.29, 0.717) is 54.9 Å². The van der Waals surface area contributed by atoms with Crippen LogP contribution in [0.2, 0.25) is 0 Å². The zero-order valence-corrected chi connectivity index (χ0v) is 27.4. The number of pyridine rings is 1. The van der Waals surface area contributed by atoms with Gasteiger partial charge in [0.1, 0.15) is 35.2 Å². The molecule has 48 heavy (non-hydrogen) atoms. The number of β-amino-alcohol motifs (C(OH)–C–C–N with tert-alkyl or cyclic N) is 1. The minimum absolute atomic E-state index is 0.0139. The predicted molar refractivity (Wildman–Crippen MR) is 175 cm³/mol. The molecule has 4 aliphatic heterocycles. The van der Waals surface area contributed by atoms with E-state index in [0.717, 1.165) is 30.4 Å². The summed E-state index contributed by atoms with van der Waals surface area (Å²) in [5.74, 6) is -0.856. The lowest BCUT2D eigenvalue weighted by atomic mass is 9.93. The lowest BCUT2D eigenvalue weighted by molar-refractivity contribution is 0.111. The molecule has 3 aromatic heterocycles. The van der Waals surface area contributed by atoms with Gasteiger partial charge < -0.3 is 25.2 Å². The number of aliphatic hydroxyl groups is 1. The van der Waals surface area contributed by atoms with Crippen LogP contribution >= 0.6 is 11.3 Å². The van der Waals surface area contributed by atoms with Crippen LogP contribution in [0.25, 0.3) is 32.2 Å². The van der Waals surface area contributed by atoms with Crippen molar-refractivity contribution in [3.63, 3.8) is 0 Å². The molecule has 4 aliphatic rings. The fourth-order valence-electron chi connectivity index (χ4n) is 8.09. The quantitative estimate of drug-likeness (QED) is 0.292. The first kappa shape index (κ1) is 31.5. The number of piperazine rings is 1. The molecule has 7 heterocycles. The fraction of sp³-hybridized carbons (Fsp3) is 0.515. The Balaban J connectivity index is 1.33. The van der Waals surface area contributed by atoms with E-state index in [2.05, 4.69) is 19.8 Å². The standard InChI is InChI=1S/C33H35F3N8O3S/c1-15(45)9-43-10-16-3-4-17(11-43)44(16)32-26-20-13-46-12-19(20)24(28-25-18(7-37)31(38)48-30(25)22(35)8-39-28)27(36)29(26)40-33(41-32)47-14-23-21(34)5-6-42(23)2/h8,15-17,21,23,45H,3-6,9-14,38H2,1-2H3/t15-,16?,17?,21+,23-/m1/s1. The van der Waals surface area contributed by atoms with Crippen molar-refractivity contribution in [2.45, 2.75) is 69.8 Å². The van der Waals surface area contributed by atoms with Crippen LogP contribution in [-0.2, 0) is 18.0 Å². The van der Waals surface area contributed by atoms with Crippen molar-refractivity contribution in [1.29, 1.82) is 5.26 Å². The van der Waals surface area contributed by atoms with Gasteiger partial charge in [-0.15, -0.1) is 11.3 Å². The smallest absolute Gasteiger partial charge is 0.319 e. The van der Waals surface area contributed by atoms with Crippen molar-refractivity contribution >= 4 is 43.1 Å². The van der Waals surface area contributed by atoms with Crippen molar-refractivity contribution in [3.05, 3.63) is 34.5 Å². The number of nitriles is 1. The van der Waals surface area contributed by atoms with Crippen molar-refractivity contribution in [3.8, 4) is 23.3 Å². The summed E-state index contributed by atoms with van der Waals surface area (Å²) < 4.78 is 59.2. The topological polar surface area (TPSA) is 137 Å². The lowest BCUT2D eigenvalue weighted by Gasteiger charge is -2.42. The summed E-state index contributed by atoms with van der Waals surface area (Å²) in [6.45, 7) is 4.54. The Labute approximate surface area is 278 Å². The molecule has 4 aromatic rings. The normalized spacial score (nSPS) is 24.9. The number of rotatable bonds is 7. The molecular formula is C33H35F3N8O3S. The molecule has 252 valence electrons. The van der Waals surface area contributed by atoms with E-state index in [1.165, 1.54) is 0 Å². The van der Waals surface area contributed by atoms with E-state index in [9.17, 15) is 19.1 Å². The van der Waals surface area contributed by atoms with Gasteiger partial charge in [-0.3, -0.25) is 14.8 Å². The summed E-state index contributed by atoms with van der Waals surface area (Å²) in [6, 6.07) is 1.58. The SMILES string of the molecule is C[C@@H](O)CN1CC2CCC(C1)N2c1nc(OC[C@@H]2[C@@H](F)CCN2C)nc2c(F)c(-c3ncc(F)c4sc(N)c(C#N)c34)c3c(c12)COC3. The van der Waals surface area contributed by atoms with Crippen molar-refractivity contribution < 1.29 is 27.8 Å². The molecule has 0 saturated carbocycles. The number of nitrogens with zero attached hydrogens (tertiary/aromatic N) is 7. The summed E-state index contributed by atoms with van der Waals surface area (Å²) >= 11 is 0.915. The van der Waals surface area contributed by atoms with Gasteiger partial charge in [-0.1, -0.05) is 0 Å². The second-order valence-electron chi connectivity index (χ2n) is 13.3. The van der Waals surface area contributed by atoms with E-state index in [4.69, 9.17) is 20.2 Å². The first-order valence-corrected chi connectivity index (χ1v) is 17.0. The Morgan fingerprint density at radius 2 is 1.92 bits per heavy atom. The number of benzene rings is 1. The van der Waals surface area contributed by atoms with Gasteiger partial charge in [0.15, 0.2) is 11.6 Å². The number of thiophene rings is 1. The van der Waals surface area contributed by atoms with Gasteiger partial charge >= 0.3 is 6.01 Å². The minimum atomic E-state index is -1.07. The summed E-state index contributed by atoms with van der Waals surface area (Å²) in [5, 5.41) is 20.8. The molecule has 1 aromatic carbocycles. The van der Waals surface area contributed by atoms with Crippen LogP contribution < -0.4 is 15.4 Å². The molecule has 3 saturated heterocycles. The molecule has 8 rings (SSSR count). The van der Waals surface area contributed by atoms with Gasteiger partial charge in [0.2, 0.25) is 0 Å². The van der Waals surface area contributed by atoms with Gasteiger partial charge in [-0.05, 0) is 44.4 Å². The van der Waals surface area contributed by atoms with Crippen LogP contribution in [-0.4, -0.2) is 100 Å². The Morgan fingerprint density at radius 1 is 1.17 bits per heavy atom. The Hall–Kier alpha value is -3.81. The summed E-state index contributed by atoms with van der Waals surface area (Å²) in [7, 11) is 1.84. The number of likely N-dealkylation sites (tertiary alicyclic amines) is 2. The van der Waals surface area contributed by atoms with Crippen molar-refractivity contribution in [2.24, 2.45) is 0 Å². The van der Waals surface area contributed by atoms with Gasteiger partial charge in [0, 0.05) is 49.2 Å². The number of likely N-dealkylation sites (N-methyl/N-ethyl adjacent to an activating group) is 1. The number of alkyl halides is 1. The van der Waals surface area contributed by atoms with Crippen LogP contribution in [0.5, 0.6) is 6.01 Å². The first-order valence-electron chi connectivity index (χ1n) is 16.2. The molecule has 2 unspecified atom stereocenters. The number of anilines is 2. The van der Waals surface area contributed by atoms with Crippen LogP contribution in [0.1, 0.15) is 42.9 Å². The van der Waals surface area contributed by atoms with E-state index < -0.39 is 30.0 Å². The summed E-state index contributed by atoms with van der Waals surface area (Å²) in [5.41, 5.74) is 7.49. The minimum Gasteiger partial charge on any atom is -0.462 e. The average Bonchev–Trinajstić information content (AvgIpc) is 3.81. The average molecular weight is 681 g/mol. The highest BCUT2D eigenvalue weighted by Gasteiger charge is 2.43. The number of aromatic nitrogens is 3. The Kier molecular flexibility index (Phi) is 7.84. The molecule has 5 atom stereocenters. The number of hydrogen-bond donors (Lipinski definition) is 2. The third kappa shape index (κ3) is 4.96. The highest BCUT2D eigenvalue weighted by atomic mass is 32.1. The maximum absolute atomic E-state index is 17.3. The highest BCUT2D eigenvalue weighted by Crippen LogP contribution is 2.48. The van der Waals surface area contributed by atoms with Crippen LogP contribution in [0.15, 0.2) is 6.20 Å². The molecular weight excluding hydrogens is 645 g/mol. The number of halogens is 3. The van der Waals surface area contributed by atoms with Gasteiger partial charge in [0.05, 0.1) is 52.9 Å². The van der Waals surface area contributed by atoms with E-state index >= 15 is 4.39 Å². The second kappa shape index (κ2) is 12.0. The summed E-state index contributed by atoms with van der Waals surface area (Å²) in [6.07, 6.45) is 1.66. The molecule has 11 nitrogen and oxygen atoms in total. The molecule has 3 N–H and O–H groups in total. The number of ether oxygens (including phenoxy) is 2. The van der Waals surface area contributed by atoms with Crippen LogP contribution in [0, 0.1) is 23.0 Å². The maximum Gasteiger partial charge on any atom is 0.319 e. The molecule has 15 heteroatoms. The lowest BCUT2D eigenvalue weighted by Crippen LogP contribution is -2.55. The fourth-order valence-corrected chi connectivity index (χ4v) is 9.01. The molecule has 3 fully saturated rings.